The van der Waals surface area contributed by atoms with Gasteiger partial charge in [0.2, 0.25) is 5.91 Å². The number of carbonyl (C=O) groups is 2. The highest BCUT2D eigenvalue weighted by Gasteiger charge is 2.32. The highest BCUT2D eigenvalue weighted by Crippen LogP contribution is 2.23. The van der Waals surface area contributed by atoms with Crippen molar-refractivity contribution in [3.63, 3.8) is 0 Å². The summed E-state index contributed by atoms with van der Waals surface area (Å²) in [6.07, 6.45) is 0. The van der Waals surface area contributed by atoms with Gasteiger partial charge in [-0.1, -0.05) is 12.1 Å². The van der Waals surface area contributed by atoms with E-state index in [2.05, 4.69) is 5.32 Å². The molecule has 1 aliphatic rings. The number of nitrogens with zero attached hydrogens (tertiary/aromatic N) is 2. The van der Waals surface area contributed by atoms with Gasteiger partial charge in [-0.05, 0) is 26.0 Å². The smallest absolute Gasteiger partial charge is 0.325 e. The first-order valence-electron chi connectivity index (χ1n) is 7.07. The molecule has 3 amide bonds. The zero-order valence-corrected chi connectivity index (χ0v) is 12.7. The number of carbonyl (C=O) groups excluding carboxylic acids is 2. The molecule has 6 nitrogen and oxygen atoms in total. The normalized spacial score (nSPS) is 15.4. The summed E-state index contributed by atoms with van der Waals surface area (Å²) >= 11 is 0. The van der Waals surface area contributed by atoms with Crippen molar-refractivity contribution in [2.45, 2.75) is 19.4 Å². The molecule has 1 saturated heterocycles. The molecule has 0 radical (unpaired) electrons. The Kier molecular flexibility index (Phi) is 4.65. The second-order valence-corrected chi connectivity index (χ2v) is 5.90. The van der Waals surface area contributed by atoms with E-state index in [1.165, 1.54) is 21.9 Å². The summed E-state index contributed by atoms with van der Waals surface area (Å²) in [5.41, 5.74) is -0.531. The van der Waals surface area contributed by atoms with Crippen LogP contribution in [-0.2, 0) is 4.79 Å². The number of anilines is 1. The average Bonchev–Trinajstić information content (AvgIpc) is 2.80. The van der Waals surface area contributed by atoms with Crippen LogP contribution in [0.25, 0.3) is 0 Å². The van der Waals surface area contributed by atoms with Crippen molar-refractivity contribution >= 4 is 17.6 Å². The summed E-state index contributed by atoms with van der Waals surface area (Å²) in [5, 5.41) is 11.8. The highest BCUT2D eigenvalue weighted by molar-refractivity contribution is 5.96. The Hall–Kier alpha value is -2.15. The predicted octanol–water partition coefficient (Wildman–Crippen LogP) is 0.955. The summed E-state index contributed by atoms with van der Waals surface area (Å²) in [6.45, 7) is 3.72. The molecule has 0 unspecified atom stereocenters. The summed E-state index contributed by atoms with van der Waals surface area (Å²) in [6, 6.07) is 5.64. The number of rotatable bonds is 5. The molecule has 1 aromatic carbocycles. The molecule has 7 heteroatoms. The predicted molar refractivity (Wildman–Crippen MR) is 80.0 cm³/mol. The van der Waals surface area contributed by atoms with Gasteiger partial charge in [0.05, 0.1) is 17.8 Å². The van der Waals surface area contributed by atoms with Crippen molar-refractivity contribution in [3.8, 4) is 0 Å². The molecule has 2 rings (SSSR count). The van der Waals surface area contributed by atoms with E-state index in [4.69, 9.17) is 5.11 Å². The number of amides is 3. The van der Waals surface area contributed by atoms with Crippen LogP contribution in [0.4, 0.5) is 14.9 Å². The van der Waals surface area contributed by atoms with E-state index in [9.17, 15) is 14.0 Å². The van der Waals surface area contributed by atoms with Crippen molar-refractivity contribution in [2.24, 2.45) is 0 Å². The van der Waals surface area contributed by atoms with E-state index in [-0.39, 0.29) is 24.7 Å². The van der Waals surface area contributed by atoms with Crippen molar-refractivity contribution in [2.75, 3.05) is 31.1 Å². The number of urea groups is 1. The number of hydrogen-bond donors (Lipinski definition) is 2. The zero-order valence-electron chi connectivity index (χ0n) is 12.7. The number of aliphatic hydroxyl groups excluding tert-OH is 1. The minimum Gasteiger partial charge on any atom is -0.394 e. The third-order valence-corrected chi connectivity index (χ3v) is 3.45. The van der Waals surface area contributed by atoms with E-state index in [1.54, 1.807) is 26.0 Å². The fourth-order valence-electron chi connectivity index (χ4n) is 2.25. The number of aliphatic hydroxyl groups is 1. The molecule has 22 heavy (non-hydrogen) atoms. The maximum absolute atomic E-state index is 13.8. The molecule has 0 atom stereocenters. The highest BCUT2D eigenvalue weighted by atomic mass is 19.1. The fourth-order valence-corrected chi connectivity index (χ4v) is 2.25. The SMILES string of the molecule is CC(C)(CO)NC(=O)CN1CCN(c2ccccc2F)C1=O. The Morgan fingerprint density at radius 1 is 1.36 bits per heavy atom. The van der Waals surface area contributed by atoms with Crippen LogP contribution in [0.5, 0.6) is 0 Å². The Labute approximate surface area is 128 Å². The lowest BCUT2D eigenvalue weighted by Gasteiger charge is -2.25. The largest absolute Gasteiger partial charge is 0.394 e. The molecular weight excluding hydrogens is 289 g/mol. The molecule has 1 aliphatic heterocycles. The molecule has 1 heterocycles. The van der Waals surface area contributed by atoms with E-state index in [0.29, 0.717) is 13.1 Å². The van der Waals surface area contributed by atoms with Gasteiger partial charge >= 0.3 is 6.03 Å². The van der Waals surface area contributed by atoms with Crippen molar-refractivity contribution < 1.29 is 19.1 Å². The number of halogens is 1. The molecule has 1 aromatic rings. The molecule has 0 spiro atoms. The number of benzene rings is 1. The number of hydrogen-bond acceptors (Lipinski definition) is 3. The van der Waals surface area contributed by atoms with Crippen LogP contribution in [-0.4, -0.2) is 53.7 Å². The number of para-hydroxylation sites is 1. The lowest BCUT2D eigenvalue weighted by molar-refractivity contribution is -0.123. The third-order valence-electron chi connectivity index (χ3n) is 3.45. The molecule has 0 bridgehead atoms. The standard InChI is InChI=1S/C15H20FN3O3/c1-15(2,10-20)17-13(21)9-18-7-8-19(14(18)22)12-6-4-3-5-11(12)16/h3-6,20H,7-10H2,1-2H3,(H,17,21). The van der Waals surface area contributed by atoms with Crippen LogP contribution in [0.2, 0.25) is 0 Å². The molecule has 120 valence electrons. The van der Waals surface area contributed by atoms with Gasteiger partial charge in [0.1, 0.15) is 12.4 Å². The summed E-state index contributed by atoms with van der Waals surface area (Å²) in [5.74, 6) is -0.827. The van der Waals surface area contributed by atoms with E-state index in [1.807, 2.05) is 0 Å². The average molecular weight is 309 g/mol. The van der Waals surface area contributed by atoms with Crippen LogP contribution < -0.4 is 10.2 Å². The molecule has 1 fully saturated rings. The summed E-state index contributed by atoms with van der Waals surface area (Å²) in [7, 11) is 0. The molecule has 0 aliphatic carbocycles. The van der Waals surface area contributed by atoms with Gasteiger partial charge in [-0.25, -0.2) is 9.18 Å². The summed E-state index contributed by atoms with van der Waals surface area (Å²) in [4.78, 5) is 26.9. The minimum atomic E-state index is -0.745. The Morgan fingerprint density at radius 2 is 2.05 bits per heavy atom. The number of nitrogens with one attached hydrogen (secondary N) is 1. The lowest BCUT2D eigenvalue weighted by atomic mass is 10.1. The zero-order chi connectivity index (χ0) is 16.3. The van der Waals surface area contributed by atoms with Crippen LogP contribution in [0.1, 0.15) is 13.8 Å². The van der Waals surface area contributed by atoms with Crippen molar-refractivity contribution in [1.29, 1.82) is 0 Å². The first-order chi connectivity index (χ1) is 10.3. The molecule has 0 saturated carbocycles. The van der Waals surface area contributed by atoms with Crippen LogP contribution in [0.3, 0.4) is 0 Å². The van der Waals surface area contributed by atoms with Gasteiger partial charge in [-0.2, -0.15) is 0 Å². The van der Waals surface area contributed by atoms with Gasteiger partial charge in [0, 0.05) is 13.1 Å². The van der Waals surface area contributed by atoms with Gasteiger partial charge in [-0.3, -0.25) is 9.69 Å². The Bertz CT molecular complexity index is 577. The van der Waals surface area contributed by atoms with E-state index in [0.717, 1.165) is 0 Å². The maximum atomic E-state index is 13.8. The lowest BCUT2D eigenvalue weighted by Crippen LogP contribution is -2.50. The van der Waals surface area contributed by atoms with E-state index < -0.39 is 17.4 Å². The summed E-state index contributed by atoms with van der Waals surface area (Å²) < 4.78 is 13.8. The second-order valence-electron chi connectivity index (χ2n) is 5.90. The Morgan fingerprint density at radius 3 is 2.68 bits per heavy atom. The van der Waals surface area contributed by atoms with Gasteiger partial charge in [0.15, 0.2) is 0 Å². The maximum Gasteiger partial charge on any atom is 0.325 e. The first kappa shape index (κ1) is 16.2. The molecular formula is C15H20FN3O3. The molecule has 2 N–H and O–H groups in total. The van der Waals surface area contributed by atoms with Gasteiger partial charge in [-0.15, -0.1) is 0 Å². The fraction of sp³-hybridized carbons (Fsp3) is 0.467. The topological polar surface area (TPSA) is 72.9 Å². The van der Waals surface area contributed by atoms with Gasteiger partial charge < -0.3 is 15.3 Å². The van der Waals surface area contributed by atoms with Crippen LogP contribution in [0, 0.1) is 5.82 Å². The van der Waals surface area contributed by atoms with Gasteiger partial charge in [0.25, 0.3) is 0 Å². The van der Waals surface area contributed by atoms with E-state index >= 15 is 0 Å². The van der Waals surface area contributed by atoms with Crippen molar-refractivity contribution in [3.05, 3.63) is 30.1 Å². The quantitative estimate of drug-likeness (QED) is 0.851. The van der Waals surface area contributed by atoms with Crippen LogP contribution >= 0.6 is 0 Å². The second kappa shape index (κ2) is 6.31. The van der Waals surface area contributed by atoms with Crippen molar-refractivity contribution in [1.82, 2.24) is 10.2 Å². The third kappa shape index (κ3) is 3.54. The monoisotopic (exact) mass is 309 g/mol. The molecule has 0 aromatic heterocycles. The van der Waals surface area contributed by atoms with Crippen LogP contribution in [0.15, 0.2) is 24.3 Å². The first-order valence-corrected chi connectivity index (χ1v) is 7.07. The Balaban J connectivity index is 2.00. The minimum absolute atomic E-state index is 0.118.